The lowest BCUT2D eigenvalue weighted by Crippen LogP contribution is -2.46. The van der Waals surface area contributed by atoms with E-state index in [-0.39, 0.29) is 36.8 Å². The summed E-state index contributed by atoms with van der Waals surface area (Å²) in [5.41, 5.74) is 0. The summed E-state index contributed by atoms with van der Waals surface area (Å²) >= 11 is 0. The van der Waals surface area contributed by atoms with Crippen LogP contribution in [0.25, 0.3) is 0 Å². The van der Waals surface area contributed by atoms with Gasteiger partial charge in [0.15, 0.2) is 0 Å². The Kier molecular flexibility index (Phi) is 9.45. The number of hydrogen-bond donors (Lipinski definition) is 2. The summed E-state index contributed by atoms with van der Waals surface area (Å²) < 4.78 is 0. The molecule has 0 aromatic carbocycles. The molecule has 1 heterocycles. The molecule has 1 fully saturated rings. The number of amides is 1. The van der Waals surface area contributed by atoms with Gasteiger partial charge in [-0.2, -0.15) is 0 Å². The summed E-state index contributed by atoms with van der Waals surface area (Å²) in [6.45, 7) is 3.84. The maximum atomic E-state index is 11.6. The predicted molar refractivity (Wildman–Crippen MR) is 67.1 cm³/mol. The Hall–Kier alpha value is -0.0300. The fourth-order valence-electron chi connectivity index (χ4n) is 1.33. The molecule has 15 heavy (non-hydrogen) atoms. The summed E-state index contributed by atoms with van der Waals surface area (Å²) in [5, 5.41) is 6.23. The van der Waals surface area contributed by atoms with Crippen LogP contribution in [0.15, 0.2) is 0 Å². The van der Waals surface area contributed by atoms with Crippen LogP contribution in [0.2, 0.25) is 0 Å². The zero-order valence-corrected chi connectivity index (χ0v) is 11.1. The van der Waals surface area contributed by atoms with Crippen molar-refractivity contribution >= 4 is 30.7 Å². The highest BCUT2D eigenvalue weighted by atomic mass is 35.5. The van der Waals surface area contributed by atoms with Gasteiger partial charge >= 0.3 is 0 Å². The predicted octanol–water partition coefficient (Wildman–Crippen LogP) is 0.258. The van der Waals surface area contributed by atoms with Crippen molar-refractivity contribution in [1.82, 2.24) is 15.5 Å². The maximum absolute atomic E-state index is 11.6. The van der Waals surface area contributed by atoms with Crippen molar-refractivity contribution < 1.29 is 4.79 Å². The number of hydrogen-bond acceptors (Lipinski definition) is 3. The zero-order valence-electron chi connectivity index (χ0n) is 9.45. The third-order valence-corrected chi connectivity index (χ3v) is 2.56. The van der Waals surface area contributed by atoms with Gasteiger partial charge in [0.05, 0.1) is 6.04 Å². The highest BCUT2D eigenvalue weighted by molar-refractivity contribution is 5.85. The molecule has 4 nitrogen and oxygen atoms in total. The molecule has 0 aromatic rings. The van der Waals surface area contributed by atoms with Gasteiger partial charge < -0.3 is 10.6 Å². The Balaban J connectivity index is 0. The van der Waals surface area contributed by atoms with Crippen LogP contribution in [0, 0.1) is 0 Å². The van der Waals surface area contributed by atoms with Crippen molar-refractivity contribution in [3.63, 3.8) is 0 Å². The van der Waals surface area contributed by atoms with Gasteiger partial charge in [-0.25, -0.2) is 0 Å². The molecule has 1 saturated heterocycles. The number of carbonyl (C=O) groups excluding carboxylic acids is 1. The molecule has 2 N–H and O–H groups in total. The number of rotatable bonds is 3. The largest absolute Gasteiger partial charge is 0.351 e. The van der Waals surface area contributed by atoms with Gasteiger partial charge in [-0.15, -0.1) is 24.8 Å². The third kappa shape index (κ3) is 5.56. The Morgan fingerprint density at radius 1 is 1.47 bits per heavy atom. The Morgan fingerprint density at radius 3 is 2.47 bits per heavy atom. The van der Waals surface area contributed by atoms with E-state index in [0.717, 1.165) is 19.5 Å². The maximum Gasteiger partial charge on any atom is 0.237 e. The van der Waals surface area contributed by atoms with Crippen molar-refractivity contribution in [2.45, 2.75) is 25.4 Å². The van der Waals surface area contributed by atoms with E-state index in [4.69, 9.17) is 0 Å². The first-order valence-electron chi connectivity index (χ1n) is 4.79. The van der Waals surface area contributed by atoms with Gasteiger partial charge in [-0.05, 0) is 34.0 Å². The number of likely N-dealkylation sites (N-methyl/N-ethyl adjacent to an activating group) is 1. The van der Waals surface area contributed by atoms with E-state index in [0.29, 0.717) is 6.04 Å². The van der Waals surface area contributed by atoms with Crippen LogP contribution in [0.5, 0.6) is 0 Å². The van der Waals surface area contributed by atoms with E-state index in [1.165, 1.54) is 0 Å². The molecule has 2 atom stereocenters. The van der Waals surface area contributed by atoms with Gasteiger partial charge in [0.1, 0.15) is 0 Å². The average molecular weight is 258 g/mol. The molecule has 0 aromatic heterocycles. The van der Waals surface area contributed by atoms with Crippen molar-refractivity contribution in [3.05, 3.63) is 0 Å². The fraction of sp³-hybridized carbons (Fsp3) is 0.889. The second-order valence-electron chi connectivity index (χ2n) is 3.84. The van der Waals surface area contributed by atoms with Crippen molar-refractivity contribution in [2.24, 2.45) is 0 Å². The van der Waals surface area contributed by atoms with E-state index in [2.05, 4.69) is 10.6 Å². The lowest BCUT2D eigenvalue weighted by molar-refractivity contribution is -0.125. The van der Waals surface area contributed by atoms with E-state index in [1.807, 2.05) is 25.9 Å². The Morgan fingerprint density at radius 2 is 2.07 bits per heavy atom. The quantitative estimate of drug-likeness (QED) is 0.763. The zero-order chi connectivity index (χ0) is 9.84. The number of nitrogens with zero attached hydrogens (tertiary/aromatic N) is 1. The minimum absolute atomic E-state index is 0. The van der Waals surface area contributed by atoms with E-state index in [9.17, 15) is 4.79 Å². The Labute approximate surface area is 104 Å². The number of nitrogens with one attached hydrogen (secondary N) is 2. The molecule has 0 bridgehead atoms. The van der Waals surface area contributed by atoms with E-state index >= 15 is 0 Å². The summed E-state index contributed by atoms with van der Waals surface area (Å²) in [5.74, 6) is 0.124. The smallest absolute Gasteiger partial charge is 0.237 e. The lowest BCUT2D eigenvalue weighted by atomic mass is 10.2. The van der Waals surface area contributed by atoms with Crippen LogP contribution >= 0.6 is 24.8 Å². The van der Waals surface area contributed by atoms with Crippen LogP contribution in [-0.2, 0) is 4.79 Å². The van der Waals surface area contributed by atoms with E-state index in [1.54, 1.807) is 0 Å². The molecule has 0 aliphatic carbocycles. The second kappa shape index (κ2) is 8.16. The topological polar surface area (TPSA) is 44.4 Å². The standard InChI is InChI=1S/C9H19N3O.2ClH/c1-7(12(2)3)9(13)11-8-4-5-10-6-8;;/h7-8,10H,4-6H2,1-3H3,(H,11,13);2*1H/t7-,8?;;/m0../s1. The molecular weight excluding hydrogens is 237 g/mol. The molecule has 0 spiro atoms. The number of carbonyl (C=O) groups is 1. The highest BCUT2D eigenvalue weighted by Crippen LogP contribution is 1.99. The van der Waals surface area contributed by atoms with Crippen LogP contribution in [-0.4, -0.2) is 50.1 Å². The van der Waals surface area contributed by atoms with Crippen LogP contribution in [0.3, 0.4) is 0 Å². The molecule has 1 aliphatic rings. The molecule has 92 valence electrons. The molecular formula is C9H21Cl2N3O. The summed E-state index contributed by atoms with van der Waals surface area (Å²) in [4.78, 5) is 13.5. The second-order valence-corrected chi connectivity index (χ2v) is 3.84. The van der Waals surface area contributed by atoms with Crippen LogP contribution < -0.4 is 10.6 Å². The van der Waals surface area contributed by atoms with Crippen LogP contribution in [0.1, 0.15) is 13.3 Å². The molecule has 6 heteroatoms. The molecule has 1 unspecified atom stereocenters. The SMILES string of the molecule is C[C@@H](C(=O)NC1CCNC1)N(C)C.Cl.Cl. The number of halogens is 2. The van der Waals surface area contributed by atoms with Crippen molar-refractivity contribution in [3.8, 4) is 0 Å². The van der Waals surface area contributed by atoms with Gasteiger partial charge in [0, 0.05) is 12.6 Å². The molecule has 0 radical (unpaired) electrons. The van der Waals surface area contributed by atoms with Crippen LogP contribution in [0.4, 0.5) is 0 Å². The normalized spacial score (nSPS) is 21.5. The minimum Gasteiger partial charge on any atom is -0.351 e. The fourth-order valence-corrected chi connectivity index (χ4v) is 1.33. The summed E-state index contributed by atoms with van der Waals surface area (Å²) in [6.07, 6.45) is 1.05. The monoisotopic (exact) mass is 257 g/mol. The van der Waals surface area contributed by atoms with E-state index < -0.39 is 0 Å². The van der Waals surface area contributed by atoms with Gasteiger partial charge in [0.2, 0.25) is 5.91 Å². The summed E-state index contributed by atoms with van der Waals surface area (Å²) in [7, 11) is 3.83. The van der Waals surface area contributed by atoms with Gasteiger partial charge in [-0.3, -0.25) is 9.69 Å². The average Bonchev–Trinajstić information content (AvgIpc) is 2.55. The van der Waals surface area contributed by atoms with Crippen molar-refractivity contribution in [1.29, 1.82) is 0 Å². The third-order valence-electron chi connectivity index (χ3n) is 2.56. The molecule has 1 amide bonds. The summed E-state index contributed by atoms with van der Waals surface area (Å²) in [6, 6.07) is 0.287. The first-order chi connectivity index (χ1) is 6.11. The minimum atomic E-state index is -0.0411. The lowest BCUT2D eigenvalue weighted by Gasteiger charge is -2.21. The first-order valence-corrected chi connectivity index (χ1v) is 4.79. The highest BCUT2D eigenvalue weighted by Gasteiger charge is 2.20. The van der Waals surface area contributed by atoms with Gasteiger partial charge in [-0.1, -0.05) is 0 Å². The Bertz CT molecular complexity index is 184. The molecule has 0 saturated carbocycles. The van der Waals surface area contributed by atoms with Gasteiger partial charge in [0.25, 0.3) is 0 Å². The first kappa shape index (κ1) is 17.4. The molecule has 1 rings (SSSR count). The van der Waals surface area contributed by atoms with Crippen molar-refractivity contribution in [2.75, 3.05) is 27.2 Å². The molecule has 1 aliphatic heterocycles.